The molecule has 0 saturated carbocycles. The maximum atomic E-state index is 12.3. The van der Waals surface area contributed by atoms with Crippen molar-refractivity contribution in [3.05, 3.63) is 46.3 Å². The lowest BCUT2D eigenvalue weighted by Crippen LogP contribution is -2.06. The fraction of sp³-hybridized carbons (Fsp3) is 0.176. The molecule has 3 rings (SSSR count). The standard InChI is InChI=1S/C17H14O6/c1-20-10-4-5-11-13(8-10)23-17(19)12-6-9(16(18)22-3)7-14(21-2)15(11)12/h4-8H,1-3H3. The van der Waals surface area contributed by atoms with E-state index in [0.29, 0.717) is 27.9 Å². The number of ether oxygens (including phenoxy) is 3. The van der Waals surface area contributed by atoms with Crippen LogP contribution in [-0.2, 0) is 4.74 Å². The van der Waals surface area contributed by atoms with Gasteiger partial charge in [0.25, 0.3) is 0 Å². The molecule has 0 aliphatic rings. The van der Waals surface area contributed by atoms with Crippen molar-refractivity contribution < 1.29 is 23.4 Å². The largest absolute Gasteiger partial charge is 0.497 e. The third-order valence-electron chi connectivity index (χ3n) is 3.62. The van der Waals surface area contributed by atoms with Crippen molar-refractivity contribution >= 4 is 27.7 Å². The van der Waals surface area contributed by atoms with E-state index in [2.05, 4.69) is 0 Å². The molecule has 23 heavy (non-hydrogen) atoms. The van der Waals surface area contributed by atoms with Crippen molar-refractivity contribution in [2.75, 3.05) is 21.3 Å². The van der Waals surface area contributed by atoms with Crippen LogP contribution in [0.15, 0.2) is 39.5 Å². The first-order chi connectivity index (χ1) is 11.1. The van der Waals surface area contributed by atoms with E-state index in [1.54, 1.807) is 18.2 Å². The molecule has 0 spiro atoms. The lowest BCUT2D eigenvalue weighted by Gasteiger charge is -2.10. The first kappa shape index (κ1) is 14.9. The highest BCUT2D eigenvalue weighted by atomic mass is 16.5. The highest BCUT2D eigenvalue weighted by Gasteiger charge is 2.17. The molecule has 0 bridgehead atoms. The third-order valence-corrected chi connectivity index (χ3v) is 3.62. The van der Waals surface area contributed by atoms with Gasteiger partial charge in [-0.2, -0.15) is 0 Å². The van der Waals surface area contributed by atoms with Crippen LogP contribution in [0.3, 0.4) is 0 Å². The molecule has 2 aromatic carbocycles. The molecule has 0 aliphatic heterocycles. The van der Waals surface area contributed by atoms with Crippen LogP contribution in [0.1, 0.15) is 10.4 Å². The molecule has 0 N–H and O–H groups in total. The Bertz CT molecular complexity index is 970. The number of fused-ring (bicyclic) bond motifs is 3. The second-order valence-corrected chi connectivity index (χ2v) is 4.84. The zero-order valence-corrected chi connectivity index (χ0v) is 12.8. The van der Waals surface area contributed by atoms with Gasteiger partial charge in [0, 0.05) is 16.8 Å². The minimum absolute atomic E-state index is 0.219. The molecule has 0 unspecified atom stereocenters. The summed E-state index contributed by atoms with van der Waals surface area (Å²) in [6.07, 6.45) is 0. The van der Waals surface area contributed by atoms with Crippen molar-refractivity contribution in [2.24, 2.45) is 0 Å². The first-order valence-electron chi connectivity index (χ1n) is 6.80. The summed E-state index contributed by atoms with van der Waals surface area (Å²) >= 11 is 0. The molecule has 0 atom stereocenters. The third kappa shape index (κ3) is 2.38. The summed E-state index contributed by atoms with van der Waals surface area (Å²) in [5, 5.41) is 1.52. The second kappa shape index (κ2) is 5.64. The second-order valence-electron chi connectivity index (χ2n) is 4.84. The predicted molar refractivity (Wildman–Crippen MR) is 84.4 cm³/mol. The first-order valence-corrected chi connectivity index (χ1v) is 6.80. The summed E-state index contributed by atoms with van der Waals surface area (Å²) in [6, 6.07) is 8.15. The Morgan fingerprint density at radius 3 is 2.43 bits per heavy atom. The summed E-state index contributed by atoms with van der Waals surface area (Å²) in [5.41, 5.74) is 0.0350. The SMILES string of the molecule is COC(=O)c1cc(OC)c2c(c1)c(=O)oc1cc(OC)ccc12. The number of rotatable bonds is 3. The highest BCUT2D eigenvalue weighted by Crippen LogP contribution is 2.33. The number of esters is 1. The topological polar surface area (TPSA) is 75.0 Å². The van der Waals surface area contributed by atoms with Gasteiger partial charge in [0.05, 0.1) is 32.3 Å². The zero-order valence-electron chi connectivity index (χ0n) is 12.8. The van der Waals surface area contributed by atoms with Crippen LogP contribution in [0.2, 0.25) is 0 Å². The lowest BCUT2D eigenvalue weighted by atomic mass is 10.0. The molecule has 0 saturated heterocycles. The van der Waals surface area contributed by atoms with Crippen LogP contribution in [-0.4, -0.2) is 27.3 Å². The number of benzene rings is 2. The summed E-state index contributed by atoms with van der Waals surface area (Å²) < 4.78 is 20.5. The van der Waals surface area contributed by atoms with E-state index in [1.165, 1.54) is 33.5 Å². The Labute approximate surface area is 131 Å². The lowest BCUT2D eigenvalue weighted by molar-refractivity contribution is 0.0600. The fourth-order valence-electron chi connectivity index (χ4n) is 2.53. The van der Waals surface area contributed by atoms with E-state index >= 15 is 0 Å². The van der Waals surface area contributed by atoms with Gasteiger partial charge in [0.1, 0.15) is 17.1 Å². The molecular weight excluding hydrogens is 300 g/mol. The van der Waals surface area contributed by atoms with Gasteiger partial charge in [-0.05, 0) is 24.3 Å². The van der Waals surface area contributed by atoms with Crippen LogP contribution in [0, 0.1) is 0 Å². The minimum Gasteiger partial charge on any atom is -0.497 e. The van der Waals surface area contributed by atoms with Gasteiger partial charge >= 0.3 is 11.6 Å². The van der Waals surface area contributed by atoms with Gasteiger partial charge in [0.2, 0.25) is 0 Å². The number of carbonyl (C=O) groups is 1. The summed E-state index contributed by atoms with van der Waals surface area (Å²) in [7, 11) is 4.28. The average Bonchev–Trinajstić information content (AvgIpc) is 2.59. The van der Waals surface area contributed by atoms with Gasteiger partial charge in [-0.3, -0.25) is 0 Å². The van der Waals surface area contributed by atoms with E-state index < -0.39 is 11.6 Å². The minimum atomic E-state index is -0.565. The summed E-state index contributed by atoms with van der Waals surface area (Å²) in [6.45, 7) is 0. The Hall–Kier alpha value is -3.02. The molecule has 118 valence electrons. The van der Waals surface area contributed by atoms with E-state index in [9.17, 15) is 9.59 Å². The van der Waals surface area contributed by atoms with Crippen molar-refractivity contribution in [1.29, 1.82) is 0 Å². The Kier molecular flexibility index (Phi) is 3.65. The van der Waals surface area contributed by atoms with Crippen LogP contribution in [0.5, 0.6) is 11.5 Å². The fourth-order valence-corrected chi connectivity index (χ4v) is 2.53. The number of hydrogen-bond acceptors (Lipinski definition) is 6. The van der Waals surface area contributed by atoms with E-state index in [0.717, 1.165) is 0 Å². The quantitative estimate of drug-likeness (QED) is 0.420. The predicted octanol–water partition coefficient (Wildman–Crippen LogP) is 2.75. The molecule has 6 nitrogen and oxygen atoms in total. The number of methoxy groups -OCH3 is 3. The van der Waals surface area contributed by atoms with Gasteiger partial charge in [0.15, 0.2) is 0 Å². The maximum absolute atomic E-state index is 12.3. The van der Waals surface area contributed by atoms with E-state index in [4.69, 9.17) is 18.6 Å². The van der Waals surface area contributed by atoms with Gasteiger partial charge in [-0.1, -0.05) is 0 Å². The molecule has 1 heterocycles. The average molecular weight is 314 g/mol. The Morgan fingerprint density at radius 2 is 1.78 bits per heavy atom. The normalized spacial score (nSPS) is 10.7. The number of hydrogen-bond donors (Lipinski definition) is 0. The molecular formula is C17H14O6. The smallest absolute Gasteiger partial charge is 0.344 e. The molecule has 1 aromatic heterocycles. The van der Waals surface area contributed by atoms with Crippen molar-refractivity contribution in [2.45, 2.75) is 0 Å². The van der Waals surface area contributed by atoms with E-state index in [1.807, 2.05) is 0 Å². The van der Waals surface area contributed by atoms with Gasteiger partial charge in [-0.15, -0.1) is 0 Å². The number of carbonyl (C=O) groups excluding carboxylic acids is 1. The van der Waals surface area contributed by atoms with Crippen LogP contribution in [0.25, 0.3) is 21.7 Å². The Morgan fingerprint density at radius 1 is 1.00 bits per heavy atom. The zero-order chi connectivity index (χ0) is 16.6. The van der Waals surface area contributed by atoms with Gasteiger partial charge in [-0.25, -0.2) is 9.59 Å². The maximum Gasteiger partial charge on any atom is 0.344 e. The van der Waals surface area contributed by atoms with Crippen molar-refractivity contribution in [3.63, 3.8) is 0 Å². The molecule has 0 amide bonds. The van der Waals surface area contributed by atoms with Crippen molar-refractivity contribution in [3.8, 4) is 11.5 Å². The molecule has 3 aromatic rings. The monoisotopic (exact) mass is 314 g/mol. The summed E-state index contributed by atoms with van der Waals surface area (Å²) in [5.74, 6) is 0.413. The Balaban J connectivity index is 2.46. The van der Waals surface area contributed by atoms with Crippen LogP contribution >= 0.6 is 0 Å². The van der Waals surface area contributed by atoms with Crippen LogP contribution < -0.4 is 15.1 Å². The van der Waals surface area contributed by atoms with Gasteiger partial charge < -0.3 is 18.6 Å². The molecule has 6 heteroatoms. The molecule has 0 radical (unpaired) electrons. The molecule has 0 aliphatic carbocycles. The summed E-state index contributed by atoms with van der Waals surface area (Å²) in [4.78, 5) is 24.1. The van der Waals surface area contributed by atoms with Crippen molar-refractivity contribution in [1.82, 2.24) is 0 Å². The molecule has 0 fully saturated rings. The highest BCUT2D eigenvalue weighted by molar-refractivity contribution is 6.10. The van der Waals surface area contributed by atoms with E-state index in [-0.39, 0.29) is 10.9 Å². The van der Waals surface area contributed by atoms with Crippen LogP contribution in [0.4, 0.5) is 0 Å².